The molecule has 0 aliphatic heterocycles. The fourth-order valence-corrected chi connectivity index (χ4v) is 1.99. The smallest absolute Gasteiger partial charge is 0.155 e. The summed E-state index contributed by atoms with van der Waals surface area (Å²) in [6.45, 7) is 1.96. The van der Waals surface area contributed by atoms with Crippen molar-refractivity contribution in [2.75, 3.05) is 0 Å². The standard InChI is InChI=1S/C13H11N3O/c1-9-6-10(17)2-3-11(9)12-7-14-8-13-15-4-5-16(12)13/h2-8,17H,1H3. The van der Waals surface area contributed by atoms with Gasteiger partial charge in [-0.3, -0.25) is 9.38 Å². The zero-order valence-corrected chi connectivity index (χ0v) is 9.33. The molecule has 84 valence electrons. The van der Waals surface area contributed by atoms with Crippen LogP contribution < -0.4 is 0 Å². The second-order valence-corrected chi connectivity index (χ2v) is 3.95. The number of hydrogen-bond donors (Lipinski definition) is 1. The molecule has 0 atom stereocenters. The van der Waals surface area contributed by atoms with Crippen molar-refractivity contribution in [3.8, 4) is 17.0 Å². The Bertz CT molecular complexity index is 688. The minimum Gasteiger partial charge on any atom is -0.508 e. The van der Waals surface area contributed by atoms with Crippen LogP contribution in [0.25, 0.3) is 16.9 Å². The first kappa shape index (κ1) is 9.84. The molecule has 0 radical (unpaired) electrons. The van der Waals surface area contributed by atoms with Gasteiger partial charge in [0.25, 0.3) is 0 Å². The molecule has 3 rings (SSSR count). The lowest BCUT2D eigenvalue weighted by atomic mass is 10.1. The Hall–Kier alpha value is -2.36. The molecule has 1 N–H and O–H groups in total. The van der Waals surface area contributed by atoms with E-state index in [1.54, 1.807) is 30.7 Å². The van der Waals surface area contributed by atoms with E-state index in [0.717, 1.165) is 22.5 Å². The summed E-state index contributed by atoms with van der Waals surface area (Å²) in [4.78, 5) is 8.38. The van der Waals surface area contributed by atoms with Crippen molar-refractivity contribution < 1.29 is 5.11 Å². The summed E-state index contributed by atoms with van der Waals surface area (Å²) in [6.07, 6.45) is 7.17. The number of imidazole rings is 1. The molecule has 0 saturated heterocycles. The predicted octanol–water partition coefficient (Wildman–Crippen LogP) is 2.41. The highest BCUT2D eigenvalue weighted by molar-refractivity contribution is 5.66. The van der Waals surface area contributed by atoms with Crippen molar-refractivity contribution in [2.24, 2.45) is 0 Å². The predicted molar refractivity (Wildman–Crippen MR) is 64.8 cm³/mol. The van der Waals surface area contributed by atoms with E-state index in [0.29, 0.717) is 0 Å². The number of rotatable bonds is 1. The van der Waals surface area contributed by atoms with E-state index in [1.165, 1.54) is 0 Å². The van der Waals surface area contributed by atoms with Crippen LogP contribution in [0, 0.1) is 6.92 Å². The highest BCUT2D eigenvalue weighted by Crippen LogP contribution is 2.26. The van der Waals surface area contributed by atoms with Crippen LogP contribution in [0.4, 0.5) is 0 Å². The van der Waals surface area contributed by atoms with Crippen LogP contribution in [0.15, 0.2) is 43.0 Å². The molecule has 2 heterocycles. The molecule has 0 saturated carbocycles. The molecule has 0 aliphatic carbocycles. The fraction of sp³-hybridized carbons (Fsp3) is 0.0769. The molecule has 1 aromatic carbocycles. The number of phenols is 1. The molecule has 3 aromatic rings. The number of aromatic nitrogens is 3. The number of phenolic OH excluding ortho intramolecular Hbond substituents is 1. The maximum atomic E-state index is 9.42. The number of hydrogen-bond acceptors (Lipinski definition) is 3. The van der Waals surface area contributed by atoms with Gasteiger partial charge < -0.3 is 5.11 Å². The van der Waals surface area contributed by atoms with Gasteiger partial charge in [0.15, 0.2) is 5.65 Å². The third-order valence-electron chi connectivity index (χ3n) is 2.80. The van der Waals surface area contributed by atoms with Gasteiger partial charge in [-0.25, -0.2) is 4.98 Å². The average Bonchev–Trinajstić information content (AvgIpc) is 2.77. The third kappa shape index (κ3) is 1.54. The summed E-state index contributed by atoms with van der Waals surface area (Å²) >= 11 is 0. The molecule has 0 aliphatic rings. The summed E-state index contributed by atoms with van der Waals surface area (Å²) in [6, 6.07) is 5.31. The first-order valence-corrected chi connectivity index (χ1v) is 5.33. The van der Waals surface area contributed by atoms with Crippen LogP contribution >= 0.6 is 0 Å². The van der Waals surface area contributed by atoms with Gasteiger partial charge >= 0.3 is 0 Å². The molecule has 2 aromatic heterocycles. The Kier molecular flexibility index (Phi) is 2.08. The van der Waals surface area contributed by atoms with Crippen molar-refractivity contribution in [1.82, 2.24) is 14.4 Å². The Morgan fingerprint density at radius 1 is 1.24 bits per heavy atom. The lowest BCUT2D eigenvalue weighted by Gasteiger charge is -2.08. The lowest BCUT2D eigenvalue weighted by Crippen LogP contribution is -1.94. The van der Waals surface area contributed by atoms with E-state index < -0.39 is 0 Å². The van der Waals surface area contributed by atoms with Crippen molar-refractivity contribution in [2.45, 2.75) is 6.92 Å². The van der Waals surface area contributed by atoms with Gasteiger partial charge in [0.05, 0.1) is 18.1 Å². The number of aromatic hydroxyl groups is 1. The Morgan fingerprint density at radius 2 is 2.12 bits per heavy atom. The zero-order chi connectivity index (χ0) is 11.8. The highest BCUT2D eigenvalue weighted by Gasteiger charge is 2.07. The zero-order valence-electron chi connectivity index (χ0n) is 9.33. The second-order valence-electron chi connectivity index (χ2n) is 3.95. The summed E-state index contributed by atoms with van der Waals surface area (Å²) in [5, 5.41) is 9.42. The van der Waals surface area contributed by atoms with Gasteiger partial charge in [-0.05, 0) is 30.7 Å². The topological polar surface area (TPSA) is 50.4 Å². The van der Waals surface area contributed by atoms with E-state index in [1.807, 2.05) is 23.6 Å². The summed E-state index contributed by atoms with van der Waals surface area (Å²) in [5.74, 6) is 0.275. The van der Waals surface area contributed by atoms with Crippen LogP contribution in [0.2, 0.25) is 0 Å². The Balaban J connectivity index is 2.30. The van der Waals surface area contributed by atoms with Crippen LogP contribution in [-0.2, 0) is 0 Å². The molecule has 17 heavy (non-hydrogen) atoms. The second kappa shape index (κ2) is 3.59. The van der Waals surface area contributed by atoms with Crippen molar-refractivity contribution in [3.63, 3.8) is 0 Å². The molecule has 0 bridgehead atoms. The minimum absolute atomic E-state index is 0.275. The molecule has 0 unspecified atom stereocenters. The summed E-state index contributed by atoms with van der Waals surface area (Å²) in [7, 11) is 0. The maximum Gasteiger partial charge on any atom is 0.155 e. The molecule has 0 fully saturated rings. The van der Waals surface area contributed by atoms with Gasteiger partial charge in [0, 0.05) is 18.0 Å². The van der Waals surface area contributed by atoms with Gasteiger partial charge in [-0.2, -0.15) is 0 Å². The van der Waals surface area contributed by atoms with Gasteiger partial charge in [-0.1, -0.05) is 0 Å². The first-order valence-electron chi connectivity index (χ1n) is 5.33. The molecule has 4 heteroatoms. The van der Waals surface area contributed by atoms with Crippen LogP contribution in [0.1, 0.15) is 5.56 Å². The van der Waals surface area contributed by atoms with Crippen molar-refractivity contribution in [3.05, 3.63) is 48.5 Å². The van der Waals surface area contributed by atoms with Crippen molar-refractivity contribution >= 4 is 5.65 Å². The fourth-order valence-electron chi connectivity index (χ4n) is 1.99. The highest BCUT2D eigenvalue weighted by atomic mass is 16.3. The Labute approximate surface area is 98.2 Å². The first-order chi connectivity index (χ1) is 8.25. The largest absolute Gasteiger partial charge is 0.508 e. The number of nitrogens with zero attached hydrogens (tertiary/aromatic N) is 3. The maximum absolute atomic E-state index is 9.42. The molecular formula is C13H11N3O. The van der Waals surface area contributed by atoms with Crippen LogP contribution in [0.3, 0.4) is 0 Å². The van der Waals surface area contributed by atoms with Gasteiger partial charge in [-0.15, -0.1) is 0 Å². The lowest BCUT2D eigenvalue weighted by molar-refractivity contribution is 0.475. The number of aryl methyl sites for hydroxylation is 1. The number of fused-ring (bicyclic) bond motifs is 1. The van der Waals surface area contributed by atoms with Gasteiger partial charge in [0.2, 0.25) is 0 Å². The third-order valence-corrected chi connectivity index (χ3v) is 2.80. The average molecular weight is 225 g/mol. The monoisotopic (exact) mass is 225 g/mol. The van der Waals surface area contributed by atoms with Crippen molar-refractivity contribution in [1.29, 1.82) is 0 Å². The molecule has 4 nitrogen and oxygen atoms in total. The van der Waals surface area contributed by atoms with E-state index in [2.05, 4.69) is 9.97 Å². The molecular weight excluding hydrogens is 214 g/mol. The van der Waals surface area contributed by atoms with E-state index in [4.69, 9.17) is 0 Å². The van der Waals surface area contributed by atoms with E-state index in [-0.39, 0.29) is 5.75 Å². The SMILES string of the molecule is Cc1cc(O)ccc1-c1cncc2nccn12. The van der Waals surface area contributed by atoms with Gasteiger partial charge in [0.1, 0.15) is 5.75 Å². The summed E-state index contributed by atoms with van der Waals surface area (Å²) in [5.41, 5.74) is 3.83. The van der Waals surface area contributed by atoms with Crippen LogP contribution in [-0.4, -0.2) is 19.5 Å². The van der Waals surface area contributed by atoms with Crippen LogP contribution in [0.5, 0.6) is 5.75 Å². The molecule has 0 spiro atoms. The molecule has 0 amide bonds. The minimum atomic E-state index is 0.275. The number of benzene rings is 1. The van der Waals surface area contributed by atoms with E-state index >= 15 is 0 Å². The quantitative estimate of drug-likeness (QED) is 0.691. The Morgan fingerprint density at radius 3 is 2.94 bits per heavy atom. The van der Waals surface area contributed by atoms with E-state index in [9.17, 15) is 5.11 Å². The normalized spacial score (nSPS) is 10.9. The summed E-state index contributed by atoms with van der Waals surface area (Å²) < 4.78 is 1.98.